The van der Waals surface area contributed by atoms with Gasteiger partial charge in [0.15, 0.2) is 0 Å². The molecule has 0 heterocycles. The number of hydrogen-bond donors (Lipinski definition) is 0. The molecule has 0 aromatic rings. The van der Waals surface area contributed by atoms with Gasteiger partial charge in [-0.2, -0.15) is 0 Å². The van der Waals surface area contributed by atoms with E-state index in [9.17, 15) is 14.3 Å². The van der Waals surface area contributed by atoms with Crippen molar-refractivity contribution < 1.29 is 37.3 Å². The molecule has 0 radical (unpaired) electrons. The van der Waals surface area contributed by atoms with Gasteiger partial charge in [-0.25, -0.2) is 0 Å². The molecule has 2 unspecified atom stereocenters. The van der Waals surface area contributed by atoms with Crippen molar-refractivity contribution in [1.29, 1.82) is 0 Å². The Kier molecular flexibility index (Phi) is 45.3. The van der Waals surface area contributed by atoms with Gasteiger partial charge in [0.1, 0.15) is 19.3 Å². The first-order valence-electron chi connectivity index (χ1n) is 26.2. The van der Waals surface area contributed by atoms with E-state index in [1.165, 1.54) is 167 Å². The fourth-order valence-electron chi connectivity index (χ4n) is 7.38. The van der Waals surface area contributed by atoms with Gasteiger partial charge in [-0.1, -0.05) is 217 Å². The number of quaternary nitrogens is 1. The van der Waals surface area contributed by atoms with Crippen LogP contribution in [0.1, 0.15) is 239 Å². The Morgan fingerprint density at radius 1 is 0.500 bits per heavy atom. The van der Waals surface area contributed by atoms with Crippen molar-refractivity contribution >= 4 is 13.8 Å². The number of rotatable bonds is 49. The second kappa shape index (κ2) is 46.3. The zero-order chi connectivity index (χ0) is 45.5. The molecule has 0 saturated carbocycles. The van der Waals surface area contributed by atoms with Gasteiger partial charge in [0, 0.05) is 13.0 Å². The van der Waals surface area contributed by atoms with Gasteiger partial charge in [-0.15, -0.1) is 0 Å². The van der Waals surface area contributed by atoms with Gasteiger partial charge in [0.25, 0.3) is 7.82 Å². The highest BCUT2D eigenvalue weighted by Crippen LogP contribution is 2.38. The fourth-order valence-corrected chi connectivity index (χ4v) is 8.11. The summed E-state index contributed by atoms with van der Waals surface area (Å²) in [5, 5.41) is 0. The average Bonchev–Trinajstić information content (AvgIpc) is 3.23. The largest absolute Gasteiger partial charge is 0.756 e. The zero-order valence-corrected chi connectivity index (χ0v) is 42.5. The van der Waals surface area contributed by atoms with E-state index in [-0.39, 0.29) is 25.8 Å². The maximum absolute atomic E-state index is 12.8. The van der Waals surface area contributed by atoms with E-state index in [0.29, 0.717) is 24.1 Å². The quantitative estimate of drug-likeness (QED) is 0.0197. The lowest BCUT2D eigenvalue weighted by molar-refractivity contribution is -0.870. The normalized spacial score (nSPS) is 13.8. The number of phosphoric ester groups is 1. The zero-order valence-electron chi connectivity index (χ0n) is 41.6. The molecular weight excluding hydrogens is 794 g/mol. The maximum Gasteiger partial charge on any atom is 0.306 e. The summed E-state index contributed by atoms with van der Waals surface area (Å²) in [5.74, 6) is -0.337. The predicted molar refractivity (Wildman–Crippen MR) is 263 cm³/mol. The molecule has 2 atom stereocenters. The first-order valence-corrected chi connectivity index (χ1v) is 27.7. The lowest BCUT2D eigenvalue weighted by Crippen LogP contribution is -2.37. The van der Waals surface area contributed by atoms with E-state index < -0.39 is 13.9 Å². The number of likely N-dealkylation sites (N-methyl/N-ethyl adjacent to an activating group) is 1. The molecule has 0 aliphatic carbocycles. The Labute approximate surface area is 385 Å². The van der Waals surface area contributed by atoms with Gasteiger partial charge in [-0.05, 0) is 51.4 Å². The van der Waals surface area contributed by atoms with Gasteiger partial charge < -0.3 is 27.9 Å². The first-order chi connectivity index (χ1) is 30.1. The van der Waals surface area contributed by atoms with Crippen LogP contribution < -0.4 is 4.89 Å². The van der Waals surface area contributed by atoms with Crippen LogP contribution in [0.15, 0.2) is 36.5 Å². The average molecular weight is 896 g/mol. The predicted octanol–water partition coefficient (Wildman–Crippen LogP) is 15.5. The Balaban J connectivity index is 4.13. The number of unbranched alkanes of at least 4 members (excludes halogenated alkanes) is 29. The molecule has 0 saturated heterocycles. The minimum Gasteiger partial charge on any atom is -0.756 e. The molecule has 0 spiro atoms. The number of esters is 1. The van der Waals surface area contributed by atoms with Gasteiger partial charge in [-0.3, -0.25) is 9.36 Å². The van der Waals surface area contributed by atoms with Crippen molar-refractivity contribution in [3.63, 3.8) is 0 Å². The van der Waals surface area contributed by atoms with Crippen LogP contribution >= 0.6 is 7.82 Å². The Morgan fingerprint density at radius 3 is 1.32 bits per heavy atom. The maximum atomic E-state index is 12.8. The minimum absolute atomic E-state index is 0.0257. The van der Waals surface area contributed by atoms with Crippen molar-refractivity contribution in [3.8, 4) is 0 Å². The summed E-state index contributed by atoms with van der Waals surface area (Å²) in [6.07, 6.45) is 55.9. The van der Waals surface area contributed by atoms with Crippen LogP contribution in [0.3, 0.4) is 0 Å². The first kappa shape index (κ1) is 60.7. The summed E-state index contributed by atoms with van der Waals surface area (Å²) < 4.78 is 34.8. The van der Waals surface area contributed by atoms with Crippen molar-refractivity contribution in [2.24, 2.45) is 0 Å². The van der Waals surface area contributed by atoms with E-state index in [1.807, 2.05) is 21.1 Å². The van der Waals surface area contributed by atoms with Crippen LogP contribution in [0.4, 0.5) is 0 Å². The smallest absolute Gasteiger partial charge is 0.306 e. The number of carbonyl (C=O) groups excluding carboxylic acids is 1. The van der Waals surface area contributed by atoms with Crippen LogP contribution in [0.2, 0.25) is 0 Å². The molecule has 8 nitrogen and oxygen atoms in total. The third-order valence-electron chi connectivity index (χ3n) is 11.4. The topological polar surface area (TPSA) is 94.1 Å². The Bertz CT molecular complexity index is 1090. The molecule has 0 aliphatic heterocycles. The second-order valence-corrected chi connectivity index (χ2v) is 20.3. The van der Waals surface area contributed by atoms with Gasteiger partial charge in [0.2, 0.25) is 0 Å². The second-order valence-electron chi connectivity index (χ2n) is 18.9. The number of ether oxygens (including phenoxy) is 2. The highest BCUT2D eigenvalue weighted by atomic mass is 31.2. The summed E-state index contributed by atoms with van der Waals surface area (Å²) in [6.45, 7) is 5.43. The van der Waals surface area contributed by atoms with Crippen LogP contribution in [0.5, 0.6) is 0 Å². The van der Waals surface area contributed by atoms with E-state index in [1.54, 1.807) is 0 Å². The Morgan fingerprint density at radius 2 is 0.887 bits per heavy atom. The van der Waals surface area contributed by atoms with Crippen LogP contribution in [0, 0.1) is 0 Å². The Hall–Kier alpha value is -1.28. The van der Waals surface area contributed by atoms with Gasteiger partial charge >= 0.3 is 5.97 Å². The number of nitrogens with zero attached hydrogens (tertiary/aromatic N) is 1. The molecule has 0 amide bonds. The lowest BCUT2D eigenvalue weighted by atomic mass is 10.0. The molecular formula is C53H102NO7P. The summed E-state index contributed by atoms with van der Waals surface area (Å²) in [4.78, 5) is 25.2. The summed E-state index contributed by atoms with van der Waals surface area (Å²) >= 11 is 0. The molecule has 0 aromatic carbocycles. The molecule has 366 valence electrons. The summed E-state index contributed by atoms with van der Waals surface area (Å²) in [6, 6.07) is 0. The van der Waals surface area contributed by atoms with Crippen LogP contribution in [-0.4, -0.2) is 70.7 Å². The molecule has 0 fully saturated rings. The minimum atomic E-state index is -4.53. The van der Waals surface area contributed by atoms with Crippen molar-refractivity contribution in [2.75, 3.05) is 54.1 Å². The molecule has 0 aliphatic rings. The summed E-state index contributed by atoms with van der Waals surface area (Å²) in [7, 11) is 1.36. The highest BCUT2D eigenvalue weighted by molar-refractivity contribution is 7.45. The standard InChI is InChI=1S/C53H102NO7P/c1-6-8-10-12-14-16-18-20-22-24-25-26-27-28-29-30-32-34-36-38-40-42-44-46-53(55)61-52(51-60-62(56,57)59-49-47-54(3,4)5)50-58-48-45-43-41-39-37-35-33-31-23-21-19-17-15-13-11-9-7-2/h18,20,24-25,27-28,52H,6-17,19,21-23,26,29-51H2,1-5H3/b20-18-,25-24-,28-27-. The summed E-state index contributed by atoms with van der Waals surface area (Å²) in [5.41, 5.74) is 0. The lowest BCUT2D eigenvalue weighted by Gasteiger charge is -2.28. The molecule has 0 bridgehead atoms. The van der Waals surface area contributed by atoms with E-state index in [4.69, 9.17) is 18.5 Å². The molecule has 9 heteroatoms. The highest BCUT2D eigenvalue weighted by Gasteiger charge is 2.20. The van der Waals surface area contributed by atoms with Crippen molar-refractivity contribution in [1.82, 2.24) is 0 Å². The number of allylic oxidation sites excluding steroid dienone is 6. The number of carbonyl (C=O) groups is 1. The molecule has 0 rings (SSSR count). The van der Waals surface area contributed by atoms with Crippen LogP contribution in [0.25, 0.3) is 0 Å². The monoisotopic (exact) mass is 896 g/mol. The van der Waals surface area contributed by atoms with E-state index in [0.717, 1.165) is 51.4 Å². The van der Waals surface area contributed by atoms with Crippen molar-refractivity contribution in [3.05, 3.63) is 36.5 Å². The SMILES string of the molecule is CCCCCCC/C=C\C/C=C\C/C=C\CCCCCCCCCCC(=O)OC(COCCCCCCCCCCCCCCCCCCC)COP(=O)([O-])OCC[N+](C)(C)C. The van der Waals surface area contributed by atoms with E-state index in [2.05, 4.69) is 50.3 Å². The van der Waals surface area contributed by atoms with Crippen LogP contribution in [-0.2, 0) is 27.9 Å². The van der Waals surface area contributed by atoms with Crippen molar-refractivity contribution in [2.45, 2.75) is 245 Å². The number of hydrogen-bond acceptors (Lipinski definition) is 7. The fraction of sp³-hybridized carbons (Fsp3) is 0.868. The third-order valence-corrected chi connectivity index (χ3v) is 12.4. The molecule has 62 heavy (non-hydrogen) atoms. The van der Waals surface area contributed by atoms with Gasteiger partial charge in [0.05, 0.1) is 34.4 Å². The van der Waals surface area contributed by atoms with E-state index >= 15 is 0 Å². The molecule has 0 N–H and O–H groups in total. The number of phosphoric acid groups is 1. The third kappa shape index (κ3) is 49.7. The molecule has 0 aromatic heterocycles.